The monoisotopic (exact) mass is 337 g/mol. The molecule has 16 heavy (non-hydrogen) atoms. The van der Waals surface area contributed by atoms with E-state index < -0.39 is 15.8 Å². The Bertz CT molecular complexity index is 419. The van der Waals surface area contributed by atoms with Gasteiger partial charge in [0.05, 0.1) is 4.90 Å². The van der Waals surface area contributed by atoms with Gasteiger partial charge in [-0.2, -0.15) is 0 Å². The summed E-state index contributed by atoms with van der Waals surface area (Å²) in [4.78, 5) is 0.217. The molecule has 0 saturated heterocycles. The van der Waals surface area contributed by atoms with Crippen LogP contribution in [-0.4, -0.2) is 15.1 Å². The first kappa shape index (κ1) is 16.5. The second kappa shape index (κ2) is 7.79. The van der Waals surface area contributed by atoms with Gasteiger partial charge in [0.2, 0.25) is 0 Å². The zero-order valence-electron chi connectivity index (χ0n) is 8.25. The van der Waals surface area contributed by atoms with Gasteiger partial charge in [-0.25, -0.2) is 8.42 Å². The lowest BCUT2D eigenvalue weighted by Crippen LogP contribution is -1.95. The Morgan fingerprint density at radius 1 is 1.19 bits per heavy atom. The Balaban J connectivity index is 0.000000487. The van der Waals surface area contributed by atoms with Crippen molar-refractivity contribution >= 4 is 59.7 Å². The van der Waals surface area contributed by atoms with Gasteiger partial charge in [0.1, 0.15) is 0 Å². The van der Waals surface area contributed by atoms with Crippen molar-refractivity contribution in [1.82, 2.24) is 0 Å². The van der Waals surface area contributed by atoms with Crippen molar-refractivity contribution in [3.8, 4) is 0 Å². The average Bonchev–Trinajstić information content (AvgIpc) is 2.15. The van der Waals surface area contributed by atoms with Crippen molar-refractivity contribution in [2.24, 2.45) is 0 Å². The quantitative estimate of drug-likeness (QED) is 0.466. The van der Waals surface area contributed by atoms with E-state index in [1.165, 1.54) is 6.07 Å². The van der Waals surface area contributed by atoms with Gasteiger partial charge in [-0.15, -0.1) is 33.2 Å². The van der Waals surface area contributed by atoms with E-state index in [1.807, 2.05) is 6.92 Å². The molecular weight excluding hydrogens is 330 g/mol. The second-order valence-corrected chi connectivity index (χ2v) is 10.7. The topological polar surface area (TPSA) is 34.1 Å². The van der Waals surface area contributed by atoms with Gasteiger partial charge in [0.15, 0.2) is 0 Å². The van der Waals surface area contributed by atoms with E-state index in [9.17, 15) is 8.42 Å². The third-order valence-corrected chi connectivity index (χ3v) is 3.04. The first-order chi connectivity index (χ1) is 7.29. The van der Waals surface area contributed by atoms with Crippen LogP contribution in [0.1, 0.15) is 12.5 Å². The zero-order valence-corrected chi connectivity index (χ0v) is 13.1. The number of halogens is 4. The van der Waals surface area contributed by atoms with E-state index >= 15 is 0 Å². The molecule has 0 N–H and O–H groups in total. The van der Waals surface area contributed by atoms with Gasteiger partial charge >= 0.3 is 6.73 Å². The Labute approximate surface area is 116 Å². The lowest BCUT2D eigenvalue weighted by atomic mass is 10.2. The molecule has 0 aliphatic heterocycles. The summed E-state index contributed by atoms with van der Waals surface area (Å²) < 4.78 is 22.0. The molecule has 0 atom stereocenters. The van der Waals surface area contributed by atoms with Crippen LogP contribution in [-0.2, 0) is 15.5 Å². The van der Waals surface area contributed by atoms with Crippen LogP contribution < -0.4 is 0 Å². The maximum Gasteiger partial charge on any atom is 0.376 e. The van der Waals surface area contributed by atoms with Crippen molar-refractivity contribution in [2.45, 2.75) is 18.2 Å². The minimum Gasteiger partial charge on any atom is -0.207 e. The number of benzene rings is 1. The van der Waals surface area contributed by atoms with Crippen LogP contribution in [0.15, 0.2) is 29.2 Å². The van der Waals surface area contributed by atoms with Gasteiger partial charge in [0, 0.05) is 10.7 Å². The highest BCUT2D eigenvalue weighted by Crippen LogP contribution is 2.19. The summed E-state index contributed by atoms with van der Waals surface area (Å²) in [5.41, 5.74) is 0.757. The molecule has 1 radical (unpaired) electrons. The zero-order chi connectivity index (χ0) is 12.8. The standard InChI is InChI=1S/C8H9ClO2S.Cl3Si/c1-2-7-5-3-4-6-8(7)12(9,10)11;1-4(2)3/h3-6H,2H2,1H3;. The lowest BCUT2D eigenvalue weighted by molar-refractivity contribution is 0.608. The Morgan fingerprint density at radius 2 is 1.62 bits per heavy atom. The molecule has 0 aromatic heterocycles. The number of hydrogen-bond acceptors (Lipinski definition) is 2. The summed E-state index contributed by atoms with van der Waals surface area (Å²) in [6.07, 6.45) is 0.669. The maximum absolute atomic E-state index is 11.0. The van der Waals surface area contributed by atoms with Crippen LogP contribution in [0.25, 0.3) is 0 Å². The van der Waals surface area contributed by atoms with Crippen LogP contribution in [0.3, 0.4) is 0 Å². The third kappa shape index (κ3) is 6.99. The first-order valence-electron chi connectivity index (χ1n) is 4.15. The van der Waals surface area contributed by atoms with E-state index in [0.717, 1.165) is 5.56 Å². The lowest BCUT2D eigenvalue weighted by Gasteiger charge is -2.01. The van der Waals surface area contributed by atoms with Gasteiger partial charge in [-0.1, -0.05) is 25.1 Å². The predicted molar refractivity (Wildman–Crippen MR) is 72.2 cm³/mol. The molecular formula is C8H9Cl4O2SSi. The highest BCUT2D eigenvalue weighted by atomic mass is 35.8. The molecule has 0 amide bonds. The van der Waals surface area contributed by atoms with Crippen molar-refractivity contribution in [1.29, 1.82) is 0 Å². The first-order valence-corrected chi connectivity index (χ1v) is 11.0. The summed E-state index contributed by atoms with van der Waals surface area (Å²) >= 11 is 14.7. The van der Waals surface area contributed by atoms with Gasteiger partial charge in [0.25, 0.3) is 9.05 Å². The molecule has 8 heteroatoms. The minimum atomic E-state index is -3.57. The Hall–Kier alpha value is 0.547. The van der Waals surface area contributed by atoms with Crippen LogP contribution in [0, 0.1) is 0 Å². The molecule has 0 aliphatic carbocycles. The summed E-state index contributed by atoms with van der Waals surface area (Å²) in [6.45, 7) is 0.427. The molecule has 0 fully saturated rings. The molecule has 0 bridgehead atoms. The molecule has 0 unspecified atom stereocenters. The van der Waals surface area contributed by atoms with Crippen LogP contribution in [0.5, 0.6) is 0 Å². The number of hydrogen-bond donors (Lipinski definition) is 0. The SMILES string of the molecule is CCc1ccccc1S(=O)(=O)Cl.Cl[Si](Cl)Cl. The second-order valence-electron chi connectivity index (χ2n) is 2.61. The van der Waals surface area contributed by atoms with Gasteiger partial charge < -0.3 is 0 Å². The number of rotatable bonds is 2. The summed E-state index contributed by atoms with van der Waals surface area (Å²) in [5, 5.41) is 0. The predicted octanol–water partition coefficient (Wildman–Crippen LogP) is 3.86. The van der Waals surface area contributed by atoms with E-state index in [1.54, 1.807) is 18.2 Å². The molecule has 1 aromatic rings. The van der Waals surface area contributed by atoms with Crippen LogP contribution in [0.4, 0.5) is 0 Å². The van der Waals surface area contributed by atoms with Crippen LogP contribution >= 0.6 is 43.9 Å². The molecule has 1 rings (SSSR count). The Morgan fingerprint density at radius 3 is 1.94 bits per heavy atom. The molecule has 0 heterocycles. The maximum atomic E-state index is 11.0. The fourth-order valence-corrected chi connectivity index (χ4v) is 2.25. The summed E-state index contributed by atoms with van der Waals surface area (Å²) in [7, 11) is 1.64. The molecule has 1 aromatic carbocycles. The van der Waals surface area contributed by atoms with Gasteiger partial charge in [-0.05, 0) is 18.1 Å². The van der Waals surface area contributed by atoms with Crippen molar-refractivity contribution in [3.63, 3.8) is 0 Å². The largest absolute Gasteiger partial charge is 0.376 e. The third-order valence-electron chi connectivity index (χ3n) is 1.62. The number of aryl methyl sites for hydroxylation is 1. The molecule has 0 saturated carbocycles. The fraction of sp³-hybridized carbons (Fsp3) is 0.250. The fourth-order valence-electron chi connectivity index (χ4n) is 1.03. The highest BCUT2D eigenvalue weighted by molar-refractivity contribution is 8.13. The van der Waals surface area contributed by atoms with E-state index in [4.69, 9.17) is 43.9 Å². The molecule has 0 spiro atoms. The average molecular weight is 339 g/mol. The molecule has 0 aliphatic rings. The highest BCUT2D eigenvalue weighted by Gasteiger charge is 2.12. The van der Waals surface area contributed by atoms with E-state index in [-0.39, 0.29) is 4.90 Å². The van der Waals surface area contributed by atoms with Crippen molar-refractivity contribution in [3.05, 3.63) is 29.8 Å². The normalized spacial score (nSPS) is 10.9. The van der Waals surface area contributed by atoms with Gasteiger partial charge in [-0.3, -0.25) is 0 Å². The molecule has 2 nitrogen and oxygen atoms in total. The smallest absolute Gasteiger partial charge is 0.207 e. The van der Waals surface area contributed by atoms with E-state index in [0.29, 0.717) is 6.42 Å². The summed E-state index contributed by atoms with van der Waals surface area (Å²) in [5.74, 6) is 0. The van der Waals surface area contributed by atoms with Crippen molar-refractivity contribution in [2.75, 3.05) is 0 Å². The molecule has 91 valence electrons. The Kier molecular flexibility index (Phi) is 8.06. The summed E-state index contributed by atoms with van der Waals surface area (Å²) in [6, 6.07) is 6.73. The van der Waals surface area contributed by atoms with Crippen molar-refractivity contribution < 1.29 is 8.42 Å². The van der Waals surface area contributed by atoms with E-state index in [2.05, 4.69) is 0 Å². The van der Waals surface area contributed by atoms with Crippen LogP contribution in [0.2, 0.25) is 0 Å². The minimum absolute atomic E-state index is 0.217.